The van der Waals surface area contributed by atoms with Gasteiger partial charge in [-0.05, 0) is 97.5 Å². The van der Waals surface area contributed by atoms with E-state index >= 15 is 0 Å². The van der Waals surface area contributed by atoms with Crippen molar-refractivity contribution in [1.82, 2.24) is 9.80 Å². The van der Waals surface area contributed by atoms with Gasteiger partial charge in [0, 0.05) is 26.2 Å². The molecule has 2 fully saturated rings. The molecule has 3 aromatic carbocycles. The first-order chi connectivity index (χ1) is 20.4. The van der Waals surface area contributed by atoms with Gasteiger partial charge in [-0.1, -0.05) is 61.0 Å². The van der Waals surface area contributed by atoms with Crippen LogP contribution in [0, 0.1) is 13.8 Å². The number of nitrogens with zero attached hydrogens (tertiary/aromatic N) is 2. The molecule has 2 aliphatic rings. The number of methoxy groups -OCH3 is 1. The molecule has 0 aliphatic carbocycles. The number of hydrogen-bond donors (Lipinski definition) is 0. The zero-order chi connectivity index (χ0) is 29.5. The SMILES string of the molecule is COC(=O)[C@@H]1CCCCN1Cc1ccc(-c2cccc(-c3cccc(OCCCN4CCC(F)CC4)c3C)c2C)cc1. The topological polar surface area (TPSA) is 42.0 Å². The summed E-state index contributed by atoms with van der Waals surface area (Å²) in [6, 6.07) is 21.4. The predicted molar refractivity (Wildman–Crippen MR) is 168 cm³/mol. The first-order valence-electron chi connectivity index (χ1n) is 15.5. The van der Waals surface area contributed by atoms with Crippen LogP contribution < -0.4 is 4.74 Å². The highest BCUT2D eigenvalue weighted by Crippen LogP contribution is 2.36. The maximum Gasteiger partial charge on any atom is 0.323 e. The number of piperidine rings is 2. The number of alkyl halides is 1. The Morgan fingerprint density at radius 1 is 0.857 bits per heavy atom. The minimum absolute atomic E-state index is 0.126. The third-order valence-electron chi connectivity index (χ3n) is 9.04. The largest absolute Gasteiger partial charge is 0.493 e. The lowest BCUT2D eigenvalue weighted by Gasteiger charge is -2.33. The van der Waals surface area contributed by atoms with Crippen molar-refractivity contribution in [3.63, 3.8) is 0 Å². The first-order valence-corrected chi connectivity index (χ1v) is 15.5. The second kappa shape index (κ2) is 14.3. The molecule has 2 saturated heterocycles. The Balaban J connectivity index is 1.25. The van der Waals surface area contributed by atoms with Crippen molar-refractivity contribution in [2.45, 2.75) is 71.1 Å². The lowest BCUT2D eigenvalue weighted by atomic mass is 9.90. The molecule has 0 unspecified atom stereocenters. The molecule has 3 aromatic rings. The van der Waals surface area contributed by atoms with Gasteiger partial charge in [0.05, 0.1) is 13.7 Å². The number of ether oxygens (including phenoxy) is 2. The molecule has 1 atom stereocenters. The average molecular weight is 573 g/mol. The highest BCUT2D eigenvalue weighted by molar-refractivity contribution is 5.80. The molecular formula is C36H45FN2O3. The van der Waals surface area contributed by atoms with Gasteiger partial charge in [0.2, 0.25) is 0 Å². The van der Waals surface area contributed by atoms with Crippen LogP contribution >= 0.6 is 0 Å². The molecule has 5 nitrogen and oxygen atoms in total. The van der Waals surface area contributed by atoms with Crippen molar-refractivity contribution in [2.24, 2.45) is 0 Å². The molecule has 0 bridgehead atoms. The lowest BCUT2D eigenvalue weighted by molar-refractivity contribution is -0.148. The maximum absolute atomic E-state index is 13.4. The second-order valence-corrected chi connectivity index (χ2v) is 11.8. The number of benzene rings is 3. The summed E-state index contributed by atoms with van der Waals surface area (Å²) in [6.45, 7) is 9.31. The van der Waals surface area contributed by atoms with Crippen LogP contribution in [0.25, 0.3) is 22.3 Å². The summed E-state index contributed by atoms with van der Waals surface area (Å²) in [5.41, 5.74) is 8.39. The van der Waals surface area contributed by atoms with Gasteiger partial charge in [0.25, 0.3) is 0 Å². The maximum atomic E-state index is 13.4. The minimum atomic E-state index is -0.629. The Morgan fingerprint density at radius 3 is 2.29 bits per heavy atom. The van der Waals surface area contributed by atoms with E-state index in [4.69, 9.17) is 9.47 Å². The molecule has 224 valence electrons. The Morgan fingerprint density at radius 2 is 1.55 bits per heavy atom. The quantitative estimate of drug-likeness (QED) is 0.187. The van der Waals surface area contributed by atoms with Gasteiger partial charge in [0.15, 0.2) is 0 Å². The van der Waals surface area contributed by atoms with Crippen LogP contribution in [0.2, 0.25) is 0 Å². The Hall–Kier alpha value is -3.22. The zero-order valence-corrected chi connectivity index (χ0v) is 25.4. The van der Waals surface area contributed by atoms with E-state index in [-0.39, 0.29) is 12.0 Å². The molecule has 0 radical (unpaired) electrons. The van der Waals surface area contributed by atoms with Gasteiger partial charge in [-0.3, -0.25) is 9.69 Å². The molecule has 5 rings (SSSR count). The number of rotatable bonds is 10. The third kappa shape index (κ3) is 7.22. The standard InChI is InChI=1S/C36H45FN2O3/c1-26-31(29-16-14-28(15-17-29)25-39-21-5-4-12-34(39)36(40)41-3)9-6-10-32(26)33-11-7-13-35(27(33)2)42-24-8-20-38-22-18-30(37)19-23-38/h6-7,9-11,13-17,30,34H,4-5,8,12,18-25H2,1-3H3/t34-/m0/s1. The third-order valence-corrected chi connectivity index (χ3v) is 9.04. The molecule has 0 amide bonds. The monoisotopic (exact) mass is 572 g/mol. The van der Waals surface area contributed by atoms with Gasteiger partial charge in [-0.25, -0.2) is 4.39 Å². The Labute approximate surface area is 250 Å². The number of hydrogen-bond acceptors (Lipinski definition) is 5. The molecule has 0 spiro atoms. The van der Waals surface area contributed by atoms with Crippen LogP contribution in [0.4, 0.5) is 4.39 Å². The van der Waals surface area contributed by atoms with E-state index in [0.717, 1.165) is 69.7 Å². The second-order valence-electron chi connectivity index (χ2n) is 11.8. The summed E-state index contributed by atoms with van der Waals surface area (Å²) < 4.78 is 24.7. The fourth-order valence-corrected chi connectivity index (χ4v) is 6.51. The Bertz CT molecular complexity index is 1330. The van der Waals surface area contributed by atoms with Gasteiger partial charge in [-0.2, -0.15) is 0 Å². The molecule has 2 heterocycles. The first kappa shape index (κ1) is 30.2. The zero-order valence-electron chi connectivity index (χ0n) is 25.4. The molecule has 0 N–H and O–H groups in total. The number of carbonyl (C=O) groups excluding carboxylic acids is 1. The van der Waals surface area contributed by atoms with Crippen LogP contribution in [-0.2, 0) is 16.1 Å². The van der Waals surface area contributed by atoms with E-state index in [1.54, 1.807) is 0 Å². The van der Waals surface area contributed by atoms with E-state index in [1.165, 1.54) is 40.5 Å². The fraction of sp³-hybridized carbons (Fsp3) is 0.472. The van der Waals surface area contributed by atoms with Gasteiger partial charge in [-0.15, -0.1) is 0 Å². The molecule has 42 heavy (non-hydrogen) atoms. The van der Waals surface area contributed by atoms with Crippen LogP contribution in [0.5, 0.6) is 5.75 Å². The molecule has 0 saturated carbocycles. The summed E-state index contributed by atoms with van der Waals surface area (Å²) in [5, 5.41) is 0. The predicted octanol–water partition coefficient (Wildman–Crippen LogP) is 7.37. The van der Waals surface area contributed by atoms with Crippen molar-refractivity contribution >= 4 is 5.97 Å². The van der Waals surface area contributed by atoms with Crippen molar-refractivity contribution in [1.29, 1.82) is 0 Å². The Kier molecular flexibility index (Phi) is 10.3. The normalized spacial score (nSPS) is 18.6. The van der Waals surface area contributed by atoms with E-state index < -0.39 is 6.17 Å². The van der Waals surface area contributed by atoms with E-state index in [2.05, 4.69) is 84.3 Å². The van der Waals surface area contributed by atoms with E-state index in [0.29, 0.717) is 19.4 Å². The van der Waals surface area contributed by atoms with E-state index in [1.807, 2.05) is 0 Å². The highest BCUT2D eigenvalue weighted by atomic mass is 19.1. The summed E-state index contributed by atoms with van der Waals surface area (Å²) >= 11 is 0. The average Bonchev–Trinajstić information content (AvgIpc) is 3.01. The smallest absolute Gasteiger partial charge is 0.323 e. The summed E-state index contributed by atoms with van der Waals surface area (Å²) in [5.74, 6) is 0.797. The summed E-state index contributed by atoms with van der Waals surface area (Å²) in [6.07, 6.45) is 4.66. The molecular weight excluding hydrogens is 527 g/mol. The van der Waals surface area contributed by atoms with Crippen LogP contribution in [-0.4, -0.2) is 67.9 Å². The number of carbonyl (C=O) groups is 1. The number of esters is 1. The van der Waals surface area contributed by atoms with E-state index in [9.17, 15) is 9.18 Å². The lowest BCUT2D eigenvalue weighted by Crippen LogP contribution is -2.44. The van der Waals surface area contributed by atoms with Crippen molar-refractivity contribution in [2.75, 3.05) is 39.9 Å². The van der Waals surface area contributed by atoms with Crippen LogP contribution in [0.1, 0.15) is 55.2 Å². The van der Waals surface area contributed by atoms with Crippen molar-refractivity contribution in [3.05, 3.63) is 77.4 Å². The van der Waals surface area contributed by atoms with Crippen molar-refractivity contribution in [3.8, 4) is 28.0 Å². The van der Waals surface area contributed by atoms with Gasteiger partial charge >= 0.3 is 5.97 Å². The fourth-order valence-electron chi connectivity index (χ4n) is 6.51. The van der Waals surface area contributed by atoms with Crippen molar-refractivity contribution < 1.29 is 18.7 Å². The van der Waals surface area contributed by atoms with Gasteiger partial charge in [0.1, 0.15) is 18.0 Å². The molecule has 2 aliphatic heterocycles. The highest BCUT2D eigenvalue weighted by Gasteiger charge is 2.29. The summed E-state index contributed by atoms with van der Waals surface area (Å²) in [4.78, 5) is 16.9. The number of halogens is 1. The van der Waals surface area contributed by atoms with Crippen LogP contribution in [0.3, 0.4) is 0 Å². The molecule has 0 aromatic heterocycles. The van der Waals surface area contributed by atoms with Crippen LogP contribution in [0.15, 0.2) is 60.7 Å². The summed E-state index contributed by atoms with van der Waals surface area (Å²) in [7, 11) is 1.48. The minimum Gasteiger partial charge on any atom is -0.493 e. The van der Waals surface area contributed by atoms with Gasteiger partial charge < -0.3 is 14.4 Å². The number of likely N-dealkylation sites (tertiary alicyclic amines) is 2. The molecule has 6 heteroatoms.